The Hall–Kier alpha value is -1.06. The molecule has 0 aromatic heterocycles. The second-order valence-electron chi connectivity index (χ2n) is 1.79. The van der Waals surface area contributed by atoms with E-state index in [0.717, 1.165) is 0 Å². The summed E-state index contributed by atoms with van der Waals surface area (Å²) in [7, 11) is 4.65. The van der Waals surface area contributed by atoms with Gasteiger partial charge in [-0.25, -0.2) is 4.99 Å². The average molecular weight is 144 g/mol. The van der Waals surface area contributed by atoms with Crippen LogP contribution in [0, 0.1) is 0 Å². The Kier molecular flexibility index (Phi) is 3.46. The molecule has 58 valence electrons. The maximum atomic E-state index is 10.7. The molecule has 0 heterocycles. The highest BCUT2D eigenvalue weighted by atomic mass is 16.5. The van der Waals surface area contributed by atoms with Crippen molar-refractivity contribution < 1.29 is 9.53 Å². The lowest BCUT2D eigenvalue weighted by Crippen LogP contribution is -2.32. The molecule has 0 aromatic rings. The Bertz CT molecular complexity index is 154. The van der Waals surface area contributed by atoms with Crippen molar-refractivity contribution >= 4 is 11.9 Å². The molecule has 0 saturated heterocycles. The number of methoxy groups -OCH3 is 1. The van der Waals surface area contributed by atoms with Crippen molar-refractivity contribution in [2.75, 3.05) is 21.2 Å². The van der Waals surface area contributed by atoms with E-state index in [1.807, 2.05) is 0 Å². The molecule has 10 heavy (non-hydrogen) atoms. The zero-order valence-corrected chi connectivity index (χ0v) is 6.71. The van der Waals surface area contributed by atoms with Crippen molar-refractivity contribution in [3.63, 3.8) is 0 Å². The highest BCUT2D eigenvalue weighted by Gasteiger charge is 2.08. The van der Waals surface area contributed by atoms with E-state index in [-0.39, 0.29) is 5.91 Å². The molecule has 0 bridgehead atoms. The molecule has 0 rings (SSSR count). The topological polar surface area (TPSA) is 41.9 Å². The van der Waals surface area contributed by atoms with Crippen LogP contribution in [0.4, 0.5) is 0 Å². The summed E-state index contributed by atoms with van der Waals surface area (Å²) in [6.45, 7) is 1.45. The number of nitrogens with zero attached hydrogens (tertiary/aromatic N) is 2. The Morgan fingerprint density at radius 1 is 1.60 bits per heavy atom. The van der Waals surface area contributed by atoms with Crippen molar-refractivity contribution in [3.8, 4) is 0 Å². The van der Waals surface area contributed by atoms with Crippen LogP contribution >= 0.6 is 0 Å². The molecule has 4 heteroatoms. The monoisotopic (exact) mass is 144 g/mol. The van der Waals surface area contributed by atoms with Crippen LogP contribution < -0.4 is 0 Å². The summed E-state index contributed by atoms with van der Waals surface area (Å²) < 4.78 is 4.78. The Balaban J connectivity index is 4.17. The number of hydrogen-bond donors (Lipinski definition) is 0. The second kappa shape index (κ2) is 3.87. The standard InChI is InChI=1S/C6H12N2O2/c1-5(9)8(3)6(7-2)10-4/h1-4H3. The fourth-order valence-electron chi connectivity index (χ4n) is 0.513. The zero-order valence-electron chi connectivity index (χ0n) is 6.71. The summed E-state index contributed by atoms with van der Waals surface area (Å²) in [5.41, 5.74) is 0. The molecular formula is C6H12N2O2. The van der Waals surface area contributed by atoms with Gasteiger partial charge in [0, 0.05) is 21.0 Å². The fourth-order valence-corrected chi connectivity index (χ4v) is 0.513. The quantitative estimate of drug-likeness (QED) is 0.357. The molecule has 0 fully saturated rings. The maximum Gasteiger partial charge on any atom is 0.293 e. The van der Waals surface area contributed by atoms with Gasteiger partial charge in [0.1, 0.15) is 0 Å². The highest BCUT2D eigenvalue weighted by Crippen LogP contribution is 1.88. The summed E-state index contributed by atoms with van der Waals surface area (Å²) in [6.07, 6.45) is 0. The second-order valence-corrected chi connectivity index (χ2v) is 1.79. The van der Waals surface area contributed by atoms with Crippen molar-refractivity contribution in [3.05, 3.63) is 0 Å². The minimum Gasteiger partial charge on any atom is -0.468 e. The van der Waals surface area contributed by atoms with E-state index in [2.05, 4.69) is 4.99 Å². The van der Waals surface area contributed by atoms with Crippen LogP contribution in [-0.4, -0.2) is 38.0 Å². The van der Waals surface area contributed by atoms with Crippen LogP contribution in [0.3, 0.4) is 0 Å². The van der Waals surface area contributed by atoms with Crippen LogP contribution in [0.1, 0.15) is 6.92 Å². The summed E-state index contributed by atoms with van der Waals surface area (Å²) in [4.78, 5) is 15.7. The normalized spacial score (nSPS) is 11.0. The van der Waals surface area contributed by atoms with Gasteiger partial charge in [0.2, 0.25) is 5.91 Å². The number of ether oxygens (including phenoxy) is 1. The van der Waals surface area contributed by atoms with Gasteiger partial charge < -0.3 is 4.74 Å². The van der Waals surface area contributed by atoms with Crippen molar-refractivity contribution in [1.29, 1.82) is 0 Å². The smallest absolute Gasteiger partial charge is 0.293 e. The molecule has 1 amide bonds. The van der Waals surface area contributed by atoms with Gasteiger partial charge in [-0.1, -0.05) is 0 Å². The Morgan fingerprint density at radius 2 is 2.10 bits per heavy atom. The van der Waals surface area contributed by atoms with E-state index < -0.39 is 0 Å². The SMILES string of the molecule is CN=C(OC)N(C)C(C)=O. The lowest BCUT2D eigenvalue weighted by molar-refractivity contribution is -0.124. The number of amides is 1. The third kappa shape index (κ3) is 2.05. The molecule has 0 aliphatic heterocycles. The minimum absolute atomic E-state index is 0.0950. The molecule has 0 radical (unpaired) electrons. The van der Waals surface area contributed by atoms with Crippen molar-refractivity contribution in [2.24, 2.45) is 4.99 Å². The fraction of sp³-hybridized carbons (Fsp3) is 0.667. The Morgan fingerprint density at radius 3 is 2.20 bits per heavy atom. The van der Waals surface area contributed by atoms with Gasteiger partial charge in [0.05, 0.1) is 7.11 Å². The van der Waals surface area contributed by atoms with Crippen molar-refractivity contribution in [2.45, 2.75) is 6.92 Å². The number of carbonyl (C=O) groups excluding carboxylic acids is 1. The van der Waals surface area contributed by atoms with Gasteiger partial charge in [-0.2, -0.15) is 0 Å². The van der Waals surface area contributed by atoms with Crippen molar-refractivity contribution in [1.82, 2.24) is 4.90 Å². The number of hydrogen-bond acceptors (Lipinski definition) is 3. The van der Waals surface area contributed by atoms with E-state index in [1.54, 1.807) is 14.1 Å². The first kappa shape index (κ1) is 8.94. The van der Waals surface area contributed by atoms with Crippen LogP contribution in [-0.2, 0) is 9.53 Å². The number of carbonyl (C=O) groups is 1. The highest BCUT2D eigenvalue weighted by molar-refractivity contribution is 5.92. The molecule has 0 aliphatic rings. The molecule has 0 N–H and O–H groups in total. The lowest BCUT2D eigenvalue weighted by atomic mass is 10.6. The average Bonchev–Trinajstić information content (AvgIpc) is 1.90. The first-order valence-electron chi connectivity index (χ1n) is 2.88. The third-order valence-corrected chi connectivity index (χ3v) is 1.13. The predicted molar refractivity (Wildman–Crippen MR) is 38.8 cm³/mol. The first-order chi connectivity index (χ1) is 4.63. The Labute approximate surface area is 60.5 Å². The van der Waals surface area contributed by atoms with Gasteiger partial charge in [-0.3, -0.25) is 9.69 Å². The molecule has 0 saturated carbocycles. The molecule has 0 aliphatic carbocycles. The summed E-state index contributed by atoms with van der Waals surface area (Å²) >= 11 is 0. The van der Waals surface area contributed by atoms with Crippen LogP contribution in [0.2, 0.25) is 0 Å². The van der Waals surface area contributed by atoms with Gasteiger partial charge in [-0.05, 0) is 0 Å². The summed E-state index contributed by atoms with van der Waals surface area (Å²) in [5, 5.41) is 0. The minimum atomic E-state index is -0.0950. The zero-order chi connectivity index (χ0) is 8.15. The number of aliphatic imine (C=N–C) groups is 1. The van der Waals surface area contributed by atoms with E-state index in [0.29, 0.717) is 6.02 Å². The maximum absolute atomic E-state index is 10.7. The molecule has 0 aromatic carbocycles. The predicted octanol–water partition coefficient (Wildman–Crippen LogP) is 0.0969. The lowest BCUT2D eigenvalue weighted by Gasteiger charge is -2.14. The molecule has 0 atom stereocenters. The number of rotatable bonds is 0. The largest absolute Gasteiger partial charge is 0.468 e. The molecular weight excluding hydrogens is 132 g/mol. The van der Waals surface area contributed by atoms with Gasteiger partial charge in [0.15, 0.2) is 0 Å². The third-order valence-electron chi connectivity index (χ3n) is 1.13. The molecule has 0 spiro atoms. The van der Waals surface area contributed by atoms with Crippen LogP contribution in [0.25, 0.3) is 0 Å². The van der Waals surface area contributed by atoms with Gasteiger partial charge >= 0.3 is 0 Å². The van der Waals surface area contributed by atoms with Crippen LogP contribution in [0.15, 0.2) is 4.99 Å². The van der Waals surface area contributed by atoms with Crippen LogP contribution in [0.5, 0.6) is 0 Å². The van der Waals surface area contributed by atoms with Gasteiger partial charge in [0.25, 0.3) is 6.02 Å². The summed E-state index contributed by atoms with van der Waals surface area (Å²) in [6, 6.07) is 0.326. The first-order valence-corrected chi connectivity index (χ1v) is 2.88. The van der Waals surface area contributed by atoms with Gasteiger partial charge in [-0.15, -0.1) is 0 Å². The van der Waals surface area contributed by atoms with E-state index in [1.165, 1.54) is 18.9 Å². The van der Waals surface area contributed by atoms with E-state index in [4.69, 9.17) is 4.74 Å². The molecule has 0 unspecified atom stereocenters. The number of amidine groups is 1. The van der Waals surface area contributed by atoms with E-state index in [9.17, 15) is 4.79 Å². The molecule has 4 nitrogen and oxygen atoms in total. The van der Waals surface area contributed by atoms with E-state index >= 15 is 0 Å². The summed E-state index contributed by atoms with van der Waals surface area (Å²) in [5.74, 6) is -0.0950.